The van der Waals surface area contributed by atoms with Crippen LogP contribution in [0.3, 0.4) is 0 Å². The second-order valence-corrected chi connectivity index (χ2v) is 6.35. The van der Waals surface area contributed by atoms with Crippen molar-refractivity contribution in [3.05, 3.63) is 10.6 Å². The average molecular weight is 264 g/mol. The van der Waals surface area contributed by atoms with Gasteiger partial charge in [0.15, 0.2) is 5.13 Å². The van der Waals surface area contributed by atoms with E-state index in [2.05, 4.69) is 14.8 Å². The van der Waals surface area contributed by atoms with Crippen LogP contribution >= 0.6 is 18.9 Å². The predicted octanol–water partition coefficient (Wildman–Crippen LogP) is 1.53. The monoisotopic (exact) mass is 264 g/mol. The van der Waals surface area contributed by atoms with Crippen molar-refractivity contribution in [3.8, 4) is 0 Å². The molecule has 0 saturated heterocycles. The number of amides is 1. The summed E-state index contributed by atoms with van der Waals surface area (Å²) in [6, 6.07) is 0. The van der Waals surface area contributed by atoms with Gasteiger partial charge in [-0.3, -0.25) is 9.36 Å². The summed E-state index contributed by atoms with van der Waals surface area (Å²) >= 11 is 1.32. The number of nitrogens with zero attached hydrogens (tertiary/aromatic N) is 1. The van der Waals surface area contributed by atoms with Crippen LogP contribution in [0.1, 0.15) is 10.6 Å². The SMILES string of the molecule is COP(=O)(O)CC(=O)Nc1nc(C)c(C)s1. The maximum Gasteiger partial charge on any atom is 0.337 e. The van der Waals surface area contributed by atoms with Gasteiger partial charge in [0, 0.05) is 12.0 Å². The van der Waals surface area contributed by atoms with Gasteiger partial charge in [-0.1, -0.05) is 0 Å². The van der Waals surface area contributed by atoms with E-state index in [9.17, 15) is 9.36 Å². The van der Waals surface area contributed by atoms with Gasteiger partial charge in [0.2, 0.25) is 5.91 Å². The van der Waals surface area contributed by atoms with Crippen LogP contribution in [0.4, 0.5) is 5.13 Å². The summed E-state index contributed by atoms with van der Waals surface area (Å²) in [7, 11) is -2.72. The number of hydrogen-bond acceptors (Lipinski definition) is 5. The highest BCUT2D eigenvalue weighted by atomic mass is 32.1. The predicted molar refractivity (Wildman–Crippen MR) is 61.9 cm³/mol. The second-order valence-electron chi connectivity index (χ2n) is 3.19. The molecule has 0 saturated carbocycles. The molecule has 0 aliphatic heterocycles. The summed E-state index contributed by atoms with van der Waals surface area (Å²) in [5, 5.41) is 2.88. The third-order valence-corrected chi connectivity index (χ3v) is 4.15. The van der Waals surface area contributed by atoms with Gasteiger partial charge in [0.1, 0.15) is 6.16 Å². The molecule has 0 aromatic carbocycles. The number of thiazole rings is 1. The first-order chi connectivity index (χ1) is 7.34. The second kappa shape index (κ2) is 5.05. The highest BCUT2D eigenvalue weighted by Gasteiger charge is 2.22. The Labute approximate surface area is 97.2 Å². The number of aromatic nitrogens is 1. The van der Waals surface area contributed by atoms with Crippen LogP contribution in [0, 0.1) is 13.8 Å². The molecule has 1 aromatic rings. The molecule has 0 spiro atoms. The number of carbonyl (C=O) groups is 1. The van der Waals surface area contributed by atoms with Gasteiger partial charge in [0.05, 0.1) is 5.69 Å². The van der Waals surface area contributed by atoms with Gasteiger partial charge in [0.25, 0.3) is 0 Å². The van der Waals surface area contributed by atoms with E-state index in [1.807, 2.05) is 13.8 Å². The van der Waals surface area contributed by atoms with Crippen LogP contribution in [0.15, 0.2) is 0 Å². The van der Waals surface area contributed by atoms with Crippen molar-refractivity contribution < 1.29 is 18.8 Å². The smallest absolute Gasteiger partial charge is 0.324 e. The molecule has 0 fully saturated rings. The molecular formula is C8H13N2O4PS. The molecule has 2 N–H and O–H groups in total. The maximum atomic E-state index is 11.4. The Morgan fingerprint density at radius 2 is 2.25 bits per heavy atom. The maximum absolute atomic E-state index is 11.4. The number of hydrogen-bond donors (Lipinski definition) is 2. The lowest BCUT2D eigenvalue weighted by molar-refractivity contribution is -0.114. The summed E-state index contributed by atoms with van der Waals surface area (Å²) in [4.78, 5) is 25.5. The summed E-state index contributed by atoms with van der Waals surface area (Å²) < 4.78 is 15.4. The van der Waals surface area contributed by atoms with Crippen molar-refractivity contribution >= 4 is 30.0 Å². The quantitative estimate of drug-likeness (QED) is 0.805. The third kappa shape index (κ3) is 3.68. The molecule has 0 radical (unpaired) electrons. The summed E-state index contributed by atoms with van der Waals surface area (Å²) in [5.41, 5.74) is 0.833. The topological polar surface area (TPSA) is 88.5 Å². The number of anilines is 1. The van der Waals surface area contributed by atoms with E-state index in [1.165, 1.54) is 11.3 Å². The van der Waals surface area contributed by atoms with Crippen LogP contribution in [-0.4, -0.2) is 29.1 Å². The molecule has 0 bridgehead atoms. The Balaban J connectivity index is 2.62. The lowest BCUT2D eigenvalue weighted by atomic mass is 10.4. The molecule has 6 nitrogen and oxygen atoms in total. The molecule has 1 amide bonds. The minimum Gasteiger partial charge on any atom is -0.324 e. The lowest BCUT2D eigenvalue weighted by Gasteiger charge is -2.07. The Morgan fingerprint density at radius 3 is 2.69 bits per heavy atom. The fourth-order valence-electron chi connectivity index (χ4n) is 0.931. The number of rotatable bonds is 4. The first-order valence-corrected chi connectivity index (χ1v) is 7.03. The Hall–Kier alpha value is -0.750. The van der Waals surface area contributed by atoms with Crippen molar-refractivity contribution in [3.63, 3.8) is 0 Å². The van der Waals surface area contributed by atoms with Crippen molar-refractivity contribution in [1.29, 1.82) is 0 Å². The van der Waals surface area contributed by atoms with Crippen LogP contribution in [-0.2, 0) is 13.9 Å². The van der Waals surface area contributed by atoms with Crippen molar-refractivity contribution in [1.82, 2.24) is 4.98 Å². The zero-order valence-electron chi connectivity index (χ0n) is 9.18. The minimum absolute atomic E-state index is 0.427. The van der Waals surface area contributed by atoms with Crippen LogP contribution < -0.4 is 5.32 Å². The largest absolute Gasteiger partial charge is 0.337 e. The Morgan fingerprint density at radius 1 is 1.62 bits per heavy atom. The number of aryl methyl sites for hydroxylation is 2. The van der Waals surface area contributed by atoms with E-state index in [1.54, 1.807) is 0 Å². The van der Waals surface area contributed by atoms with Gasteiger partial charge >= 0.3 is 7.60 Å². The van der Waals surface area contributed by atoms with E-state index >= 15 is 0 Å². The number of nitrogens with one attached hydrogen (secondary N) is 1. The lowest BCUT2D eigenvalue weighted by Crippen LogP contribution is -2.16. The van der Waals surface area contributed by atoms with Gasteiger partial charge in [-0.15, -0.1) is 11.3 Å². The van der Waals surface area contributed by atoms with Crippen molar-refractivity contribution in [2.75, 3.05) is 18.6 Å². The molecular weight excluding hydrogens is 251 g/mol. The fraction of sp³-hybridized carbons (Fsp3) is 0.500. The zero-order chi connectivity index (χ0) is 12.3. The van der Waals surface area contributed by atoms with E-state index in [4.69, 9.17) is 4.89 Å². The molecule has 1 atom stereocenters. The molecule has 16 heavy (non-hydrogen) atoms. The summed E-state index contributed by atoms with van der Waals surface area (Å²) in [6.45, 7) is 3.71. The highest BCUT2D eigenvalue weighted by Crippen LogP contribution is 2.40. The molecule has 1 aromatic heterocycles. The van der Waals surface area contributed by atoms with Gasteiger partial charge < -0.3 is 14.7 Å². The molecule has 1 heterocycles. The minimum atomic E-state index is -3.81. The fourth-order valence-corrected chi connectivity index (χ4v) is 2.33. The molecule has 0 aliphatic carbocycles. The standard InChI is InChI=1S/C8H13N2O4PS/c1-5-6(2)16-8(9-5)10-7(11)4-15(12,13)14-3/h4H2,1-3H3,(H,12,13)(H,9,10,11). The van der Waals surface area contributed by atoms with Crippen molar-refractivity contribution in [2.24, 2.45) is 0 Å². The van der Waals surface area contributed by atoms with Crippen LogP contribution in [0.2, 0.25) is 0 Å². The summed E-state index contributed by atoms with van der Waals surface area (Å²) in [6.07, 6.45) is -0.568. The normalized spacial score (nSPS) is 14.5. The highest BCUT2D eigenvalue weighted by molar-refractivity contribution is 7.53. The van der Waals surface area contributed by atoms with Gasteiger partial charge in [-0.25, -0.2) is 4.98 Å². The zero-order valence-corrected chi connectivity index (χ0v) is 10.9. The van der Waals surface area contributed by atoms with E-state index in [0.717, 1.165) is 17.7 Å². The van der Waals surface area contributed by atoms with E-state index in [-0.39, 0.29) is 0 Å². The molecule has 0 aliphatic rings. The average Bonchev–Trinajstić information content (AvgIpc) is 2.44. The molecule has 8 heteroatoms. The van der Waals surface area contributed by atoms with Gasteiger partial charge in [-0.05, 0) is 13.8 Å². The molecule has 1 unspecified atom stereocenters. The Bertz CT molecular complexity index is 426. The molecule has 1 rings (SSSR count). The van der Waals surface area contributed by atoms with E-state index < -0.39 is 19.7 Å². The van der Waals surface area contributed by atoms with Crippen LogP contribution in [0.5, 0.6) is 0 Å². The first kappa shape index (κ1) is 13.3. The first-order valence-electron chi connectivity index (χ1n) is 4.45. The Kier molecular flexibility index (Phi) is 4.21. The van der Waals surface area contributed by atoms with Gasteiger partial charge in [-0.2, -0.15) is 0 Å². The third-order valence-electron chi connectivity index (χ3n) is 1.90. The van der Waals surface area contributed by atoms with E-state index in [0.29, 0.717) is 5.13 Å². The van der Waals surface area contributed by atoms with Crippen LogP contribution in [0.25, 0.3) is 0 Å². The van der Waals surface area contributed by atoms with Crippen molar-refractivity contribution in [2.45, 2.75) is 13.8 Å². The number of carbonyl (C=O) groups excluding carboxylic acids is 1. The molecule has 90 valence electrons. The summed E-state index contributed by atoms with van der Waals surface area (Å²) in [5.74, 6) is -0.582.